The van der Waals surface area contributed by atoms with E-state index in [1.54, 1.807) is 22.2 Å². The fourth-order valence-corrected chi connectivity index (χ4v) is 7.32. The third-order valence-corrected chi connectivity index (χ3v) is 10.5. The summed E-state index contributed by atoms with van der Waals surface area (Å²) in [4.78, 5) is 69.7. The molecule has 16 heteroatoms. The second kappa shape index (κ2) is 18.0. The molecule has 0 aliphatic carbocycles. The number of aliphatic hydroxyl groups is 2. The molecule has 0 radical (unpaired) electrons. The van der Waals surface area contributed by atoms with Gasteiger partial charge in [0.15, 0.2) is 0 Å². The van der Waals surface area contributed by atoms with Gasteiger partial charge in [0.05, 0.1) is 56.3 Å². The molecule has 2 aliphatic heterocycles. The lowest BCUT2D eigenvalue weighted by atomic mass is 10.0. The van der Waals surface area contributed by atoms with Crippen LogP contribution in [0.5, 0.6) is 0 Å². The highest BCUT2D eigenvalue weighted by molar-refractivity contribution is 5.87. The van der Waals surface area contributed by atoms with Gasteiger partial charge in [0, 0.05) is 30.6 Å². The molecule has 6 atom stereocenters. The van der Waals surface area contributed by atoms with E-state index in [1.807, 2.05) is 76.2 Å². The summed E-state index contributed by atoms with van der Waals surface area (Å²) in [6.07, 6.45) is 1.09. The Morgan fingerprint density at radius 2 is 1.21 bits per heavy atom. The molecule has 0 bridgehead atoms. The first-order chi connectivity index (χ1) is 27.8. The number of methoxy groups -OCH3 is 2. The number of carbonyl (C=O) groups is 4. The van der Waals surface area contributed by atoms with Crippen LogP contribution in [0.4, 0.5) is 9.59 Å². The summed E-state index contributed by atoms with van der Waals surface area (Å²) < 4.78 is 9.43. The largest absolute Gasteiger partial charge is 0.453 e. The Labute approximate surface area is 336 Å². The number of H-pyrrole nitrogens is 2. The van der Waals surface area contributed by atoms with Crippen LogP contribution in [0.3, 0.4) is 0 Å². The first kappa shape index (κ1) is 41.5. The van der Waals surface area contributed by atoms with E-state index in [1.165, 1.54) is 14.2 Å². The molecule has 2 aromatic heterocycles. The zero-order valence-electron chi connectivity index (χ0n) is 33.4. The molecule has 6 rings (SSSR count). The average molecular weight is 795 g/mol. The molecule has 16 nitrogen and oxygen atoms in total. The molecule has 0 unspecified atom stereocenters. The van der Waals surface area contributed by atoms with Crippen molar-refractivity contribution in [2.75, 3.05) is 27.3 Å². The van der Waals surface area contributed by atoms with Gasteiger partial charge in [-0.1, -0.05) is 63.8 Å². The van der Waals surface area contributed by atoms with E-state index >= 15 is 0 Å². The van der Waals surface area contributed by atoms with Crippen molar-refractivity contribution < 1.29 is 38.9 Å². The number of carbonyl (C=O) groups excluding carboxylic acids is 4. The topological polar surface area (TPSA) is 215 Å². The molecule has 2 fully saturated rings. The second-order valence-corrected chi connectivity index (χ2v) is 15.2. The van der Waals surface area contributed by atoms with Gasteiger partial charge in [-0.3, -0.25) is 9.59 Å². The average Bonchev–Trinajstić information content (AvgIpc) is 4.04. The highest BCUT2D eigenvalue weighted by atomic mass is 16.5. The molecule has 4 aromatic rings. The minimum atomic E-state index is -0.824. The number of hydrogen-bond donors (Lipinski definition) is 6. The zero-order valence-corrected chi connectivity index (χ0v) is 33.4. The summed E-state index contributed by atoms with van der Waals surface area (Å²) in [7, 11) is 2.49. The summed E-state index contributed by atoms with van der Waals surface area (Å²) >= 11 is 0. The van der Waals surface area contributed by atoms with Crippen LogP contribution in [-0.2, 0) is 19.1 Å². The molecular formula is C42H50N8O8. The van der Waals surface area contributed by atoms with E-state index < -0.39 is 48.6 Å². The van der Waals surface area contributed by atoms with Crippen molar-refractivity contribution in [1.29, 1.82) is 0 Å². The predicted molar refractivity (Wildman–Crippen MR) is 213 cm³/mol. The first-order valence-corrected chi connectivity index (χ1v) is 19.3. The maximum Gasteiger partial charge on any atom is 0.407 e. The summed E-state index contributed by atoms with van der Waals surface area (Å²) in [5.41, 5.74) is 4.77. The van der Waals surface area contributed by atoms with Crippen LogP contribution in [0.2, 0.25) is 0 Å². The van der Waals surface area contributed by atoms with Gasteiger partial charge < -0.3 is 50.1 Å². The van der Waals surface area contributed by atoms with Gasteiger partial charge in [0.1, 0.15) is 29.8 Å². The molecule has 2 aliphatic rings. The van der Waals surface area contributed by atoms with Crippen LogP contribution in [0.25, 0.3) is 22.5 Å². The Balaban J connectivity index is 1.10. The van der Waals surface area contributed by atoms with Crippen LogP contribution < -0.4 is 10.6 Å². The highest BCUT2D eigenvalue weighted by Crippen LogP contribution is 2.35. The molecule has 4 heterocycles. The Morgan fingerprint density at radius 1 is 0.741 bits per heavy atom. The third-order valence-electron chi connectivity index (χ3n) is 10.5. The molecule has 0 saturated carbocycles. The van der Waals surface area contributed by atoms with Gasteiger partial charge in [0.2, 0.25) is 11.8 Å². The Morgan fingerprint density at radius 3 is 1.69 bits per heavy atom. The van der Waals surface area contributed by atoms with Crippen molar-refractivity contribution >= 4 is 24.0 Å². The van der Waals surface area contributed by atoms with Gasteiger partial charge in [0.25, 0.3) is 0 Å². The number of alkyl carbamates (subject to hydrolysis) is 2. The van der Waals surface area contributed by atoms with Crippen LogP contribution in [0, 0.1) is 23.7 Å². The van der Waals surface area contributed by atoms with E-state index in [2.05, 4.69) is 42.4 Å². The molecule has 2 saturated heterocycles. The van der Waals surface area contributed by atoms with Gasteiger partial charge in [-0.15, -0.1) is 0 Å². The standard InChI is InChI=1S/C42H50N8O8/c1-23(2)34(47-41(55)57-5)39(53)49-18-17-33(52)36(49)38-44-21-31(46-38)28-15-11-26(12-16-28)8-7-25-9-13-27(14-10-25)30-20-43-37(45-30)32-19-29(51)22-50(32)40(54)35(24(3)4)48-42(56)58-6/h9-16,20-21,23-24,29,32-36,51-52H,17-19,22H2,1-6H3,(H,43,45)(H,44,46)(H,47,55)(H,48,56)/t29-,32+,33-,34-,35-,36-/m1/s1. The number of β-amino-alcohol motifs (C(OH)–C–C–N with tert-alkyl or cyclic N) is 1. The van der Waals surface area contributed by atoms with Crippen LogP contribution in [0.1, 0.15) is 75.4 Å². The second-order valence-electron chi connectivity index (χ2n) is 15.2. The van der Waals surface area contributed by atoms with Gasteiger partial charge in [-0.2, -0.15) is 0 Å². The Hall–Kier alpha value is -6.18. The van der Waals surface area contributed by atoms with Crippen LogP contribution in [-0.4, -0.2) is 116 Å². The van der Waals surface area contributed by atoms with Gasteiger partial charge in [-0.05, 0) is 53.6 Å². The van der Waals surface area contributed by atoms with Crippen LogP contribution in [0.15, 0.2) is 60.9 Å². The lowest BCUT2D eigenvalue weighted by Crippen LogP contribution is -2.51. The minimum absolute atomic E-state index is 0.123. The lowest BCUT2D eigenvalue weighted by molar-refractivity contribution is -0.136. The van der Waals surface area contributed by atoms with Crippen molar-refractivity contribution in [2.45, 2.75) is 76.9 Å². The maximum absolute atomic E-state index is 13.5. The SMILES string of the molecule is COC(=O)N[C@@H](C(=O)N1C[C@H](O)C[C@H]1c1ncc(-c2ccc(C#Cc3ccc(-c4cnc([C@H]5[C@H](O)CCN5C(=O)[C@H](NC(=O)OC)C(C)C)[nH]4)cc3)cc2)[nH]1)C(C)C. The molecule has 2 aromatic carbocycles. The number of likely N-dealkylation sites (tertiary alicyclic amines) is 2. The number of benzene rings is 2. The number of nitrogens with one attached hydrogen (secondary N) is 4. The first-order valence-electron chi connectivity index (χ1n) is 19.3. The van der Waals surface area contributed by atoms with E-state index in [4.69, 9.17) is 9.47 Å². The van der Waals surface area contributed by atoms with Crippen molar-refractivity contribution in [3.63, 3.8) is 0 Å². The summed E-state index contributed by atoms with van der Waals surface area (Å²) in [6.45, 7) is 7.76. The third kappa shape index (κ3) is 9.17. The van der Waals surface area contributed by atoms with Gasteiger partial charge >= 0.3 is 12.2 Å². The number of amides is 4. The summed E-state index contributed by atoms with van der Waals surface area (Å²) in [5.74, 6) is 6.34. The fraction of sp³-hybridized carbons (Fsp3) is 0.429. The monoisotopic (exact) mass is 794 g/mol. The minimum Gasteiger partial charge on any atom is -0.453 e. The Kier molecular flexibility index (Phi) is 12.8. The molecule has 6 N–H and O–H groups in total. The molecule has 0 spiro atoms. The maximum atomic E-state index is 13.5. The number of aromatic amines is 2. The van der Waals surface area contributed by atoms with Crippen LogP contribution >= 0.6 is 0 Å². The number of nitrogens with zero attached hydrogens (tertiary/aromatic N) is 4. The van der Waals surface area contributed by atoms with Crippen molar-refractivity contribution in [1.82, 2.24) is 40.4 Å². The normalized spacial score (nSPS) is 20.0. The number of rotatable bonds is 10. The lowest BCUT2D eigenvalue weighted by Gasteiger charge is -2.30. The number of ether oxygens (including phenoxy) is 2. The molecule has 58 heavy (non-hydrogen) atoms. The number of hydrogen-bond acceptors (Lipinski definition) is 10. The summed E-state index contributed by atoms with van der Waals surface area (Å²) in [6, 6.07) is 12.5. The van der Waals surface area contributed by atoms with Gasteiger partial charge in [-0.25, -0.2) is 19.6 Å². The number of aromatic nitrogens is 4. The molecular weight excluding hydrogens is 745 g/mol. The number of aliphatic hydroxyl groups excluding tert-OH is 2. The quantitative estimate of drug-likeness (QED) is 0.127. The molecule has 306 valence electrons. The summed E-state index contributed by atoms with van der Waals surface area (Å²) in [5, 5.41) is 26.6. The Bertz CT molecular complexity index is 2150. The van der Waals surface area contributed by atoms with E-state index in [9.17, 15) is 29.4 Å². The van der Waals surface area contributed by atoms with Crippen molar-refractivity contribution in [2.24, 2.45) is 11.8 Å². The van der Waals surface area contributed by atoms with E-state index in [0.29, 0.717) is 36.7 Å². The smallest absolute Gasteiger partial charge is 0.407 e. The van der Waals surface area contributed by atoms with E-state index in [0.717, 1.165) is 27.9 Å². The highest BCUT2D eigenvalue weighted by Gasteiger charge is 2.43. The fourth-order valence-electron chi connectivity index (χ4n) is 7.32. The molecule has 4 amide bonds. The number of imidazole rings is 2. The van der Waals surface area contributed by atoms with Crippen molar-refractivity contribution in [3.8, 4) is 34.4 Å². The van der Waals surface area contributed by atoms with Crippen molar-refractivity contribution in [3.05, 3.63) is 83.7 Å². The zero-order chi connectivity index (χ0) is 41.7. The van der Waals surface area contributed by atoms with E-state index in [-0.39, 0.29) is 30.2 Å². The predicted octanol–water partition coefficient (Wildman–Crippen LogP) is 3.90.